The smallest absolute Gasteiger partial charge is 0.0259 e. The largest absolute Gasteiger partial charge is 0.0622 e. The number of hydrogen-bond donors (Lipinski definition) is 0. The van der Waals surface area contributed by atoms with E-state index in [9.17, 15) is 0 Å². The van der Waals surface area contributed by atoms with Crippen LogP contribution in [0.3, 0.4) is 0 Å². The van der Waals surface area contributed by atoms with Crippen molar-refractivity contribution in [3.05, 3.63) is 0 Å². The molecule has 2 aliphatic carbocycles. The molecule has 0 aromatic rings. The topological polar surface area (TPSA) is 0 Å². The minimum absolute atomic E-state index is 0.560. The van der Waals surface area contributed by atoms with Gasteiger partial charge in [-0.25, -0.2) is 0 Å². The Balaban J connectivity index is 2.35. The second-order valence-electron chi connectivity index (χ2n) is 6.54. The fraction of sp³-hybridized carbons (Fsp3) is 1.00. The molecule has 2 aliphatic rings. The molecule has 0 radical (unpaired) electrons. The molecule has 0 bridgehead atoms. The third-order valence-corrected chi connectivity index (χ3v) is 5.95. The van der Waals surface area contributed by atoms with Gasteiger partial charge in [0.2, 0.25) is 0 Å². The average Bonchev–Trinajstić information content (AvgIpc) is 2.09. The third kappa shape index (κ3) is 0.877. The molecule has 0 heterocycles. The molecule has 5 unspecified atom stereocenters. The molecule has 5 atom stereocenters. The van der Waals surface area contributed by atoms with Crippen LogP contribution in [0.5, 0.6) is 0 Å². The Morgan fingerprint density at radius 1 is 1.00 bits per heavy atom. The number of hydrogen-bond acceptors (Lipinski definition) is 0. The quantitative estimate of drug-likeness (QED) is 0.529. The maximum Gasteiger partial charge on any atom is -0.0259 e. The highest BCUT2D eigenvalue weighted by molar-refractivity contribution is 5.12. The summed E-state index contributed by atoms with van der Waals surface area (Å²) in [6, 6.07) is 0. The maximum absolute atomic E-state index is 2.52. The summed E-state index contributed by atoms with van der Waals surface area (Å²) in [7, 11) is 0. The van der Waals surface area contributed by atoms with Gasteiger partial charge in [-0.1, -0.05) is 41.5 Å². The van der Waals surface area contributed by atoms with E-state index >= 15 is 0 Å². The summed E-state index contributed by atoms with van der Waals surface area (Å²) in [5.74, 6) is 3.79. The normalized spacial score (nSPS) is 58.6. The summed E-state index contributed by atoms with van der Waals surface area (Å²) in [5, 5.41) is 0. The first-order valence-corrected chi connectivity index (χ1v) is 5.82. The zero-order chi connectivity index (χ0) is 10.0. The highest BCUT2D eigenvalue weighted by atomic mass is 14.7. The van der Waals surface area contributed by atoms with E-state index in [-0.39, 0.29) is 0 Å². The fourth-order valence-corrected chi connectivity index (χ4v) is 4.68. The van der Waals surface area contributed by atoms with Crippen molar-refractivity contribution in [2.45, 2.75) is 48.0 Å². The van der Waals surface area contributed by atoms with Crippen molar-refractivity contribution in [2.24, 2.45) is 34.5 Å². The highest BCUT2D eigenvalue weighted by Gasteiger charge is 2.64. The van der Waals surface area contributed by atoms with Gasteiger partial charge in [0, 0.05) is 0 Å². The highest BCUT2D eigenvalue weighted by Crippen LogP contribution is 2.71. The van der Waals surface area contributed by atoms with E-state index in [0.717, 1.165) is 23.7 Å². The molecule has 0 saturated heterocycles. The van der Waals surface area contributed by atoms with Crippen LogP contribution in [-0.2, 0) is 0 Å². The van der Waals surface area contributed by atoms with Gasteiger partial charge in [-0.2, -0.15) is 0 Å². The Labute approximate surface area is 83.1 Å². The van der Waals surface area contributed by atoms with Crippen molar-refractivity contribution in [1.82, 2.24) is 0 Å². The predicted molar refractivity (Wildman–Crippen MR) is 57.5 cm³/mol. The summed E-state index contributed by atoms with van der Waals surface area (Å²) in [4.78, 5) is 0. The van der Waals surface area contributed by atoms with Gasteiger partial charge in [-0.15, -0.1) is 0 Å². The lowest BCUT2D eigenvalue weighted by Gasteiger charge is -2.52. The van der Waals surface area contributed by atoms with Crippen LogP contribution < -0.4 is 0 Å². The van der Waals surface area contributed by atoms with Crippen molar-refractivity contribution in [3.63, 3.8) is 0 Å². The molecule has 0 nitrogen and oxygen atoms in total. The second kappa shape index (κ2) is 2.32. The van der Waals surface area contributed by atoms with Crippen molar-refractivity contribution in [3.8, 4) is 0 Å². The van der Waals surface area contributed by atoms with Crippen LogP contribution in [0.4, 0.5) is 0 Å². The molecule has 2 saturated carbocycles. The minimum atomic E-state index is 0.560. The van der Waals surface area contributed by atoms with Gasteiger partial charge in [-0.05, 0) is 40.9 Å². The third-order valence-electron chi connectivity index (χ3n) is 5.95. The van der Waals surface area contributed by atoms with Gasteiger partial charge in [0.05, 0.1) is 0 Å². The van der Waals surface area contributed by atoms with E-state index in [1.807, 2.05) is 0 Å². The molecule has 0 amide bonds. The van der Waals surface area contributed by atoms with Crippen LogP contribution in [0.15, 0.2) is 0 Å². The van der Waals surface area contributed by atoms with E-state index in [4.69, 9.17) is 0 Å². The SMILES string of the molecule is CC1CC2(C)C1C(C)C(C)(C)C2C. The van der Waals surface area contributed by atoms with E-state index in [0.29, 0.717) is 10.8 Å². The zero-order valence-corrected chi connectivity index (χ0v) is 10.0. The van der Waals surface area contributed by atoms with Crippen LogP contribution in [0, 0.1) is 34.5 Å². The minimum Gasteiger partial charge on any atom is -0.0622 e. The molecule has 2 rings (SSSR count). The molecule has 0 aliphatic heterocycles. The van der Waals surface area contributed by atoms with E-state index in [2.05, 4.69) is 41.5 Å². The van der Waals surface area contributed by atoms with E-state index < -0.39 is 0 Å². The van der Waals surface area contributed by atoms with Crippen LogP contribution in [0.1, 0.15) is 48.0 Å². The Hall–Kier alpha value is 0. The average molecular weight is 180 g/mol. The summed E-state index contributed by atoms with van der Waals surface area (Å²) in [6.45, 7) is 14.9. The molecule has 0 heteroatoms. The Morgan fingerprint density at radius 2 is 1.54 bits per heavy atom. The Morgan fingerprint density at radius 3 is 1.85 bits per heavy atom. The van der Waals surface area contributed by atoms with Gasteiger partial charge in [-0.3, -0.25) is 0 Å². The Bertz CT molecular complexity index is 228. The van der Waals surface area contributed by atoms with Crippen molar-refractivity contribution in [2.75, 3.05) is 0 Å². The van der Waals surface area contributed by atoms with Gasteiger partial charge < -0.3 is 0 Å². The molecule has 0 aromatic heterocycles. The fourth-order valence-electron chi connectivity index (χ4n) is 4.68. The van der Waals surface area contributed by atoms with Crippen molar-refractivity contribution >= 4 is 0 Å². The standard InChI is InChI=1S/C13H24/c1-8-7-13(6)10(3)12(4,5)9(2)11(8)13/h8-11H,7H2,1-6H3. The van der Waals surface area contributed by atoms with Crippen molar-refractivity contribution < 1.29 is 0 Å². The molecule has 0 aromatic carbocycles. The summed E-state index contributed by atoms with van der Waals surface area (Å²) in [6.07, 6.45) is 1.46. The monoisotopic (exact) mass is 180 g/mol. The van der Waals surface area contributed by atoms with Gasteiger partial charge in [0.15, 0.2) is 0 Å². The van der Waals surface area contributed by atoms with E-state index in [1.165, 1.54) is 6.42 Å². The molecule has 0 spiro atoms. The molecule has 13 heavy (non-hydrogen) atoms. The molecular formula is C13H24. The lowest BCUT2D eigenvalue weighted by molar-refractivity contribution is -0.0323. The first-order valence-electron chi connectivity index (χ1n) is 5.82. The summed E-state index contributed by atoms with van der Waals surface area (Å²) in [5.41, 5.74) is 1.23. The molecule has 0 N–H and O–H groups in total. The number of fused-ring (bicyclic) bond motifs is 1. The van der Waals surface area contributed by atoms with Gasteiger partial charge in [0.1, 0.15) is 0 Å². The maximum atomic E-state index is 2.52. The van der Waals surface area contributed by atoms with Crippen LogP contribution in [0.2, 0.25) is 0 Å². The lowest BCUT2D eigenvalue weighted by Crippen LogP contribution is -2.45. The first-order chi connectivity index (χ1) is 5.82. The van der Waals surface area contributed by atoms with Crippen LogP contribution in [0.25, 0.3) is 0 Å². The van der Waals surface area contributed by atoms with E-state index in [1.54, 1.807) is 0 Å². The van der Waals surface area contributed by atoms with Crippen molar-refractivity contribution in [1.29, 1.82) is 0 Å². The second-order valence-corrected chi connectivity index (χ2v) is 6.54. The summed E-state index contributed by atoms with van der Waals surface area (Å²) < 4.78 is 0. The van der Waals surface area contributed by atoms with Crippen LogP contribution in [-0.4, -0.2) is 0 Å². The van der Waals surface area contributed by atoms with Crippen LogP contribution >= 0.6 is 0 Å². The predicted octanol–water partition coefficient (Wildman–Crippen LogP) is 3.96. The molecular weight excluding hydrogens is 156 g/mol. The summed E-state index contributed by atoms with van der Waals surface area (Å²) >= 11 is 0. The van der Waals surface area contributed by atoms with Gasteiger partial charge >= 0.3 is 0 Å². The Kier molecular flexibility index (Phi) is 1.71. The molecule has 76 valence electrons. The number of rotatable bonds is 0. The van der Waals surface area contributed by atoms with Gasteiger partial charge in [0.25, 0.3) is 0 Å². The molecule has 2 fully saturated rings. The first kappa shape index (κ1) is 9.55. The lowest BCUT2D eigenvalue weighted by atomic mass is 9.53. The zero-order valence-electron chi connectivity index (χ0n) is 10.0.